The van der Waals surface area contributed by atoms with Crippen LogP contribution in [0.5, 0.6) is 0 Å². The Kier molecular flexibility index (Phi) is 6.12. The van der Waals surface area contributed by atoms with Crippen LogP contribution in [0.3, 0.4) is 0 Å². The summed E-state index contributed by atoms with van der Waals surface area (Å²) in [6, 6.07) is 10.7. The number of benzene rings is 1. The second kappa shape index (κ2) is 7.42. The average molecular weight is 220 g/mol. The fourth-order valence-corrected chi connectivity index (χ4v) is 2.01. The van der Waals surface area contributed by atoms with E-state index in [2.05, 4.69) is 43.0 Å². The first-order valence-corrected chi connectivity index (χ1v) is 6.28. The first-order chi connectivity index (χ1) is 7.76. The smallest absolute Gasteiger partial charge is 0.0208 e. The van der Waals surface area contributed by atoms with Crippen molar-refractivity contribution in [2.24, 2.45) is 5.73 Å². The molecule has 2 nitrogen and oxygen atoms in total. The molecule has 0 aliphatic heterocycles. The summed E-state index contributed by atoms with van der Waals surface area (Å²) >= 11 is 0. The molecule has 2 N–H and O–H groups in total. The highest BCUT2D eigenvalue weighted by Gasteiger charge is 2.08. The molecule has 0 amide bonds. The molecule has 0 saturated heterocycles. The lowest BCUT2D eigenvalue weighted by atomic mass is 10.1. The van der Waals surface area contributed by atoms with Gasteiger partial charge in [0.25, 0.3) is 0 Å². The Labute approximate surface area is 99.5 Å². The summed E-state index contributed by atoms with van der Waals surface area (Å²) in [4.78, 5) is 2.42. The van der Waals surface area contributed by atoms with Crippen LogP contribution in [0.2, 0.25) is 0 Å². The van der Waals surface area contributed by atoms with Gasteiger partial charge in [-0.05, 0) is 31.5 Å². The molecule has 1 rings (SSSR count). The maximum absolute atomic E-state index is 6.17. The van der Waals surface area contributed by atoms with Crippen LogP contribution < -0.4 is 5.73 Å². The molecular weight excluding hydrogens is 196 g/mol. The molecule has 0 spiro atoms. The van der Waals surface area contributed by atoms with E-state index in [-0.39, 0.29) is 6.04 Å². The highest BCUT2D eigenvalue weighted by molar-refractivity contribution is 5.15. The van der Waals surface area contributed by atoms with Gasteiger partial charge in [-0.25, -0.2) is 0 Å². The highest BCUT2D eigenvalue weighted by atomic mass is 15.1. The molecule has 1 aromatic carbocycles. The van der Waals surface area contributed by atoms with Crippen LogP contribution in [0, 0.1) is 0 Å². The first-order valence-electron chi connectivity index (χ1n) is 6.28. The molecule has 1 atom stereocenters. The fraction of sp³-hybridized carbons (Fsp3) is 0.571. The highest BCUT2D eigenvalue weighted by Crippen LogP contribution is 2.03. The Morgan fingerprint density at radius 1 is 1.19 bits per heavy atom. The molecule has 1 aromatic rings. The molecule has 0 fully saturated rings. The summed E-state index contributed by atoms with van der Waals surface area (Å²) < 4.78 is 0. The van der Waals surface area contributed by atoms with Crippen LogP contribution >= 0.6 is 0 Å². The van der Waals surface area contributed by atoms with Gasteiger partial charge in [0.2, 0.25) is 0 Å². The minimum absolute atomic E-state index is 0.244. The van der Waals surface area contributed by atoms with Crippen LogP contribution in [-0.2, 0) is 6.42 Å². The van der Waals surface area contributed by atoms with Crippen molar-refractivity contribution in [2.75, 3.05) is 19.6 Å². The van der Waals surface area contributed by atoms with Gasteiger partial charge < -0.3 is 10.6 Å². The van der Waals surface area contributed by atoms with Crippen LogP contribution in [-0.4, -0.2) is 30.6 Å². The Hall–Kier alpha value is -0.860. The van der Waals surface area contributed by atoms with Crippen molar-refractivity contribution in [2.45, 2.75) is 32.7 Å². The monoisotopic (exact) mass is 220 g/mol. The Bertz CT molecular complexity index is 271. The van der Waals surface area contributed by atoms with Crippen molar-refractivity contribution < 1.29 is 0 Å². The van der Waals surface area contributed by atoms with E-state index in [1.54, 1.807) is 0 Å². The minimum atomic E-state index is 0.244. The van der Waals surface area contributed by atoms with E-state index in [4.69, 9.17) is 5.73 Å². The summed E-state index contributed by atoms with van der Waals surface area (Å²) in [7, 11) is 0. The van der Waals surface area contributed by atoms with E-state index in [0.29, 0.717) is 0 Å². The van der Waals surface area contributed by atoms with Crippen molar-refractivity contribution in [1.29, 1.82) is 0 Å². The first kappa shape index (κ1) is 13.2. The summed E-state index contributed by atoms with van der Waals surface area (Å²) in [5.41, 5.74) is 7.51. The molecule has 0 radical (unpaired) electrons. The zero-order valence-corrected chi connectivity index (χ0v) is 10.5. The fourth-order valence-electron chi connectivity index (χ4n) is 2.01. The Morgan fingerprint density at radius 3 is 2.44 bits per heavy atom. The molecule has 0 saturated carbocycles. The SMILES string of the molecule is CCCN(CC)CC(N)Cc1ccccc1. The van der Waals surface area contributed by atoms with Crippen LogP contribution in [0.15, 0.2) is 30.3 Å². The normalized spacial score (nSPS) is 13.0. The van der Waals surface area contributed by atoms with Gasteiger partial charge in [-0.15, -0.1) is 0 Å². The van der Waals surface area contributed by atoms with E-state index in [1.165, 1.54) is 12.0 Å². The largest absolute Gasteiger partial charge is 0.326 e. The van der Waals surface area contributed by atoms with Gasteiger partial charge in [0, 0.05) is 12.6 Å². The number of nitrogens with two attached hydrogens (primary N) is 1. The lowest BCUT2D eigenvalue weighted by Crippen LogP contribution is -2.39. The van der Waals surface area contributed by atoms with Gasteiger partial charge in [0.05, 0.1) is 0 Å². The molecule has 1 unspecified atom stereocenters. The third-order valence-corrected chi connectivity index (χ3v) is 2.82. The van der Waals surface area contributed by atoms with E-state index in [0.717, 1.165) is 26.1 Å². The lowest BCUT2D eigenvalue weighted by molar-refractivity contribution is 0.269. The number of hydrogen-bond donors (Lipinski definition) is 1. The second-order valence-electron chi connectivity index (χ2n) is 4.34. The van der Waals surface area contributed by atoms with E-state index >= 15 is 0 Å². The zero-order valence-electron chi connectivity index (χ0n) is 10.5. The molecular formula is C14H24N2. The van der Waals surface area contributed by atoms with Crippen LogP contribution in [0.25, 0.3) is 0 Å². The Balaban J connectivity index is 2.37. The predicted octanol–water partition coefficient (Wildman–Crippen LogP) is 2.29. The van der Waals surface area contributed by atoms with Gasteiger partial charge in [0.1, 0.15) is 0 Å². The number of hydrogen-bond acceptors (Lipinski definition) is 2. The third-order valence-electron chi connectivity index (χ3n) is 2.82. The number of nitrogens with zero attached hydrogens (tertiary/aromatic N) is 1. The number of rotatable bonds is 7. The van der Waals surface area contributed by atoms with Gasteiger partial charge in [0.15, 0.2) is 0 Å². The van der Waals surface area contributed by atoms with Crippen molar-refractivity contribution in [1.82, 2.24) is 4.90 Å². The van der Waals surface area contributed by atoms with E-state index < -0.39 is 0 Å². The maximum Gasteiger partial charge on any atom is 0.0208 e. The molecule has 0 aromatic heterocycles. The Morgan fingerprint density at radius 2 is 1.88 bits per heavy atom. The topological polar surface area (TPSA) is 29.3 Å². The summed E-state index contributed by atoms with van der Waals surface area (Å²) in [5, 5.41) is 0. The molecule has 0 heterocycles. The summed E-state index contributed by atoms with van der Waals surface area (Å²) in [5.74, 6) is 0. The van der Waals surface area contributed by atoms with Gasteiger partial charge >= 0.3 is 0 Å². The molecule has 0 bridgehead atoms. The number of likely N-dealkylation sites (N-methyl/N-ethyl adjacent to an activating group) is 1. The van der Waals surface area contributed by atoms with Crippen LogP contribution in [0.4, 0.5) is 0 Å². The van der Waals surface area contributed by atoms with Crippen molar-refractivity contribution in [3.63, 3.8) is 0 Å². The van der Waals surface area contributed by atoms with E-state index in [9.17, 15) is 0 Å². The molecule has 16 heavy (non-hydrogen) atoms. The summed E-state index contributed by atoms with van der Waals surface area (Å²) in [6.07, 6.45) is 2.17. The molecule has 0 aliphatic carbocycles. The molecule has 0 aliphatic rings. The van der Waals surface area contributed by atoms with Gasteiger partial charge in [-0.1, -0.05) is 44.2 Å². The second-order valence-corrected chi connectivity index (χ2v) is 4.34. The summed E-state index contributed by atoms with van der Waals surface area (Å²) in [6.45, 7) is 7.66. The lowest BCUT2D eigenvalue weighted by Gasteiger charge is -2.23. The van der Waals surface area contributed by atoms with E-state index in [1.807, 2.05) is 6.07 Å². The van der Waals surface area contributed by atoms with Crippen molar-refractivity contribution >= 4 is 0 Å². The van der Waals surface area contributed by atoms with Gasteiger partial charge in [-0.3, -0.25) is 0 Å². The molecule has 90 valence electrons. The third kappa shape index (κ3) is 4.77. The average Bonchev–Trinajstić information content (AvgIpc) is 2.29. The maximum atomic E-state index is 6.17. The minimum Gasteiger partial charge on any atom is -0.326 e. The van der Waals surface area contributed by atoms with Gasteiger partial charge in [-0.2, -0.15) is 0 Å². The standard InChI is InChI=1S/C14H24N2/c1-3-10-16(4-2)12-14(15)11-13-8-6-5-7-9-13/h5-9,14H,3-4,10-12,15H2,1-2H3. The quantitative estimate of drug-likeness (QED) is 0.764. The molecule has 2 heteroatoms. The van der Waals surface area contributed by atoms with Crippen LogP contribution in [0.1, 0.15) is 25.8 Å². The van der Waals surface area contributed by atoms with Crippen molar-refractivity contribution in [3.8, 4) is 0 Å². The predicted molar refractivity (Wildman–Crippen MR) is 70.5 cm³/mol. The van der Waals surface area contributed by atoms with Crippen molar-refractivity contribution in [3.05, 3.63) is 35.9 Å². The zero-order chi connectivity index (χ0) is 11.8.